The second kappa shape index (κ2) is 13.6. The van der Waals surface area contributed by atoms with E-state index in [0.29, 0.717) is 42.8 Å². The summed E-state index contributed by atoms with van der Waals surface area (Å²) in [6, 6.07) is 17.0. The molecule has 3 fully saturated rings. The zero-order chi connectivity index (χ0) is 31.6. The molecule has 7 rings (SSSR count). The largest absolute Gasteiger partial charge is 0.336 e. The summed E-state index contributed by atoms with van der Waals surface area (Å²) < 4.78 is 16.0. The molecule has 4 heterocycles. The first kappa shape index (κ1) is 30.9. The summed E-state index contributed by atoms with van der Waals surface area (Å²) in [6.07, 6.45) is 12.2. The molecule has 46 heavy (non-hydrogen) atoms. The standard InChI is InChI=1S/C37H47FN6O2/c1-26-39-34-25-41(36(45)27-9-4-2-5-10-27)22-19-35(34)44(26)33-23-31-17-18-32(24-33)42(31)20-8-21-43(30-11-6-3-7-12-30)37(46)40-29-15-13-28(38)14-16-29/h3,6-7,11-16,27,31-33H,2,4-5,8-10,17-25H2,1H3,(H,40,46)/t31-,32+,33?. The summed E-state index contributed by atoms with van der Waals surface area (Å²) in [5, 5.41) is 2.94. The van der Waals surface area contributed by atoms with Gasteiger partial charge in [-0.3, -0.25) is 14.6 Å². The lowest BCUT2D eigenvalue weighted by molar-refractivity contribution is -0.137. The zero-order valence-corrected chi connectivity index (χ0v) is 27.0. The Balaban J connectivity index is 0.974. The number of benzene rings is 2. The number of hydrogen-bond donors (Lipinski definition) is 1. The van der Waals surface area contributed by atoms with E-state index < -0.39 is 0 Å². The summed E-state index contributed by atoms with van der Waals surface area (Å²) in [4.78, 5) is 38.2. The van der Waals surface area contributed by atoms with Crippen molar-refractivity contribution in [2.24, 2.45) is 5.92 Å². The van der Waals surface area contributed by atoms with Gasteiger partial charge in [0.05, 0.1) is 12.2 Å². The maximum Gasteiger partial charge on any atom is 0.326 e. The van der Waals surface area contributed by atoms with Gasteiger partial charge in [-0.05, 0) is 88.3 Å². The molecule has 0 spiro atoms. The number of nitrogens with one attached hydrogen (secondary N) is 1. The number of piperidine rings is 1. The predicted octanol–water partition coefficient (Wildman–Crippen LogP) is 7.09. The monoisotopic (exact) mass is 626 g/mol. The third-order valence-electron chi connectivity index (χ3n) is 10.9. The number of para-hydroxylation sites is 1. The average Bonchev–Trinajstić information content (AvgIpc) is 3.53. The lowest BCUT2D eigenvalue weighted by Crippen LogP contribution is -2.45. The van der Waals surface area contributed by atoms with Crippen molar-refractivity contribution in [3.05, 3.63) is 77.6 Å². The third kappa shape index (κ3) is 6.43. The van der Waals surface area contributed by atoms with Gasteiger partial charge in [0.15, 0.2) is 0 Å². The number of imidazole rings is 1. The van der Waals surface area contributed by atoms with Crippen LogP contribution in [0.3, 0.4) is 0 Å². The Labute approximate surface area is 272 Å². The highest BCUT2D eigenvalue weighted by atomic mass is 19.1. The fourth-order valence-electron chi connectivity index (χ4n) is 8.73. The molecule has 3 aromatic rings. The lowest BCUT2D eigenvalue weighted by atomic mass is 9.88. The molecule has 1 N–H and O–H groups in total. The van der Waals surface area contributed by atoms with Crippen LogP contribution in [0.25, 0.3) is 0 Å². The number of fused-ring (bicyclic) bond motifs is 3. The minimum absolute atomic E-state index is 0.209. The van der Waals surface area contributed by atoms with Gasteiger partial charge in [-0.2, -0.15) is 0 Å². The highest BCUT2D eigenvalue weighted by molar-refractivity contribution is 6.01. The van der Waals surface area contributed by atoms with Crippen molar-refractivity contribution in [1.29, 1.82) is 0 Å². The molecule has 9 heteroatoms. The van der Waals surface area contributed by atoms with Gasteiger partial charge in [-0.1, -0.05) is 37.5 Å². The molecular weight excluding hydrogens is 579 g/mol. The zero-order valence-electron chi connectivity index (χ0n) is 27.0. The Hall–Kier alpha value is -3.72. The number of carbonyl (C=O) groups excluding carboxylic acids is 2. The van der Waals surface area contributed by atoms with Crippen LogP contribution >= 0.6 is 0 Å². The molecule has 244 valence electrons. The first-order valence-electron chi connectivity index (χ1n) is 17.4. The van der Waals surface area contributed by atoms with Crippen molar-refractivity contribution in [3.8, 4) is 0 Å². The van der Waals surface area contributed by atoms with E-state index in [0.717, 1.165) is 68.8 Å². The van der Waals surface area contributed by atoms with E-state index in [2.05, 4.69) is 26.6 Å². The van der Waals surface area contributed by atoms with Crippen molar-refractivity contribution < 1.29 is 14.0 Å². The number of nitrogens with zero attached hydrogens (tertiary/aromatic N) is 5. The first-order valence-corrected chi connectivity index (χ1v) is 17.4. The van der Waals surface area contributed by atoms with E-state index in [1.807, 2.05) is 30.3 Å². The van der Waals surface area contributed by atoms with Gasteiger partial charge in [0.2, 0.25) is 5.91 Å². The summed E-state index contributed by atoms with van der Waals surface area (Å²) in [5.74, 6) is 1.33. The summed E-state index contributed by atoms with van der Waals surface area (Å²) in [5.41, 5.74) is 3.90. The summed E-state index contributed by atoms with van der Waals surface area (Å²) in [6.45, 7) is 5.17. The van der Waals surface area contributed by atoms with Crippen molar-refractivity contribution in [2.75, 3.05) is 29.9 Å². The van der Waals surface area contributed by atoms with Crippen LogP contribution in [0.1, 0.15) is 87.5 Å². The molecule has 2 aromatic carbocycles. The Morgan fingerprint density at radius 2 is 1.65 bits per heavy atom. The second-order valence-electron chi connectivity index (χ2n) is 13.8. The predicted molar refractivity (Wildman–Crippen MR) is 178 cm³/mol. The van der Waals surface area contributed by atoms with Gasteiger partial charge < -0.3 is 14.8 Å². The van der Waals surface area contributed by atoms with E-state index in [4.69, 9.17) is 4.98 Å². The van der Waals surface area contributed by atoms with Crippen LogP contribution in [-0.2, 0) is 17.8 Å². The third-order valence-corrected chi connectivity index (χ3v) is 10.9. The molecule has 4 aliphatic rings. The van der Waals surface area contributed by atoms with E-state index in [-0.39, 0.29) is 17.8 Å². The molecule has 3 atom stereocenters. The fourth-order valence-corrected chi connectivity index (χ4v) is 8.73. The van der Waals surface area contributed by atoms with E-state index >= 15 is 0 Å². The van der Waals surface area contributed by atoms with Crippen molar-refractivity contribution in [2.45, 2.75) is 102 Å². The molecule has 3 amide bonds. The number of aryl methyl sites for hydroxylation is 1. The Bertz CT molecular complexity index is 1500. The van der Waals surface area contributed by atoms with Gasteiger partial charge >= 0.3 is 6.03 Å². The molecule has 1 unspecified atom stereocenters. The molecule has 1 aliphatic carbocycles. The van der Waals surface area contributed by atoms with Gasteiger partial charge in [0.25, 0.3) is 0 Å². The Kier molecular flexibility index (Phi) is 9.11. The van der Waals surface area contributed by atoms with E-state index in [1.54, 1.807) is 17.0 Å². The minimum Gasteiger partial charge on any atom is -0.336 e. The van der Waals surface area contributed by atoms with Crippen LogP contribution < -0.4 is 10.2 Å². The topological polar surface area (TPSA) is 73.7 Å². The number of hydrogen-bond acceptors (Lipinski definition) is 4. The van der Waals surface area contributed by atoms with Crippen LogP contribution in [0, 0.1) is 18.7 Å². The highest BCUT2D eigenvalue weighted by Crippen LogP contribution is 2.42. The molecule has 2 bridgehead atoms. The smallest absolute Gasteiger partial charge is 0.326 e. The van der Waals surface area contributed by atoms with Crippen molar-refractivity contribution >= 4 is 23.3 Å². The van der Waals surface area contributed by atoms with Crippen LogP contribution in [0.4, 0.5) is 20.6 Å². The number of urea groups is 1. The SMILES string of the molecule is Cc1nc2c(n1C1C[C@H]3CC[C@@H](C1)N3CCCN(C(=O)Nc1ccc(F)cc1)c1ccccc1)CCN(C(=O)C1CCCCC1)C2. The quantitative estimate of drug-likeness (QED) is 0.290. The van der Waals surface area contributed by atoms with Gasteiger partial charge in [-0.25, -0.2) is 14.2 Å². The molecule has 8 nitrogen and oxygen atoms in total. The van der Waals surface area contributed by atoms with Gasteiger partial charge in [0.1, 0.15) is 11.6 Å². The highest BCUT2D eigenvalue weighted by Gasteiger charge is 2.42. The lowest BCUT2D eigenvalue weighted by Gasteiger charge is -2.41. The van der Waals surface area contributed by atoms with Crippen LogP contribution in [-0.4, -0.2) is 63.0 Å². The minimum atomic E-state index is -0.326. The Morgan fingerprint density at radius 3 is 2.37 bits per heavy atom. The molecule has 1 saturated carbocycles. The molecule has 0 radical (unpaired) electrons. The van der Waals surface area contributed by atoms with Crippen LogP contribution in [0.2, 0.25) is 0 Å². The maximum absolute atomic E-state index is 13.4. The molecule has 2 saturated heterocycles. The fraction of sp³-hybridized carbons (Fsp3) is 0.541. The number of anilines is 2. The first-order chi connectivity index (χ1) is 22.4. The summed E-state index contributed by atoms with van der Waals surface area (Å²) >= 11 is 0. The average molecular weight is 627 g/mol. The maximum atomic E-state index is 13.4. The molecule has 3 aliphatic heterocycles. The molecular formula is C37H47FN6O2. The number of halogens is 1. The van der Waals surface area contributed by atoms with Crippen molar-refractivity contribution in [1.82, 2.24) is 19.4 Å². The normalized spacial score (nSPS) is 23.3. The summed E-state index contributed by atoms with van der Waals surface area (Å²) in [7, 11) is 0. The molecule has 1 aromatic heterocycles. The van der Waals surface area contributed by atoms with Gasteiger partial charge in [0, 0.05) is 67.2 Å². The van der Waals surface area contributed by atoms with E-state index in [9.17, 15) is 14.0 Å². The van der Waals surface area contributed by atoms with Crippen LogP contribution in [0.15, 0.2) is 54.6 Å². The number of rotatable bonds is 8. The number of carbonyl (C=O) groups is 2. The van der Waals surface area contributed by atoms with Crippen molar-refractivity contribution in [3.63, 3.8) is 0 Å². The van der Waals surface area contributed by atoms with E-state index in [1.165, 1.54) is 49.9 Å². The number of amides is 3. The Morgan fingerprint density at radius 1 is 0.935 bits per heavy atom. The second-order valence-corrected chi connectivity index (χ2v) is 13.8. The van der Waals surface area contributed by atoms with Crippen LogP contribution in [0.5, 0.6) is 0 Å². The van der Waals surface area contributed by atoms with Gasteiger partial charge in [-0.15, -0.1) is 0 Å². The number of aromatic nitrogens is 2.